The van der Waals surface area contributed by atoms with Crippen LogP contribution in [0.5, 0.6) is 5.75 Å². The molecule has 0 aliphatic heterocycles. The molecule has 4 rings (SSSR count). The molecule has 170 valence electrons. The van der Waals surface area contributed by atoms with Gasteiger partial charge in [0.25, 0.3) is 17.3 Å². The fourth-order valence-corrected chi connectivity index (χ4v) is 3.94. The Labute approximate surface area is 196 Å². The van der Waals surface area contributed by atoms with Gasteiger partial charge in [0, 0.05) is 34.4 Å². The maximum atomic E-state index is 12.4. The number of hydrazone groups is 1. The van der Waals surface area contributed by atoms with Crippen molar-refractivity contribution in [3.05, 3.63) is 109 Å². The smallest absolute Gasteiger partial charge is 0.281 e. The van der Waals surface area contributed by atoms with Crippen molar-refractivity contribution in [1.82, 2.24) is 5.43 Å². The van der Waals surface area contributed by atoms with Gasteiger partial charge in [-0.05, 0) is 59.7 Å². The minimum absolute atomic E-state index is 0.0239. The molecule has 0 unspecified atom stereocenters. The lowest BCUT2D eigenvalue weighted by molar-refractivity contribution is -0.385. The first-order valence-corrected chi connectivity index (χ1v) is 10.7. The molecule has 1 heterocycles. The Morgan fingerprint density at radius 1 is 0.941 bits per heavy atom. The summed E-state index contributed by atoms with van der Waals surface area (Å²) in [4.78, 5) is 33.4. The molecule has 3 aromatic carbocycles. The Bertz CT molecular complexity index is 1400. The van der Waals surface area contributed by atoms with Gasteiger partial charge in [-0.3, -0.25) is 25.0 Å². The van der Waals surface area contributed by atoms with E-state index < -0.39 is 15.8 Å². The molecule has 0 saturated heterocycles. The van der Waals surface area contributed by atoms with E-state index in [1.807, 2.05) is 0 Å². The molecule has 11 heteroatoms. The van der Waals surface area contributed by atoms with Gasteiger partial charge in [-0.1, -0.05) is 0 Å². The average molecular weight is 476 g/mol. The van der Waals surface area contributed by atoms with Crippen LogP contribution in [0.1, 0.15) is 20.8 Å². The van der Waals surface area contributed by atoms with Gasteiger partial charge in [0.05, 0.1) is 20.9 Å². The summed E-state index contributed by atoms with van der Waals surface area (Å²) in [6.07, 6.45) is 1.48. The van der Waals surface area contributed by atoms with Crippen LogP contribution in [0.4, 0.5) is 11.4 Å². The molecule has 0 bridgehead atoms. The molecule has 0 saturated carbocycles. The van der Waals surface area contributed by atoms with Crippen LogP contribution < -0.4 is 10.2 Å². The first-order valence-electron chi connectivity index (χ1n) is 9.86. The number of nitro groups is 2. The van der Waals surface area contributed by atoms with Crippen LogP contribution in [-0.2, 0) is 6.61 Å². The van der Waals surface area contributed by atoms with Crippen molar-refractivity contribution in [3.63, 3.8) is 0 Å². The van der Waals surface area contributed by atoms with E-state index in [0.717, 1.165) is 15.8 Å². The summed E-state index contributed by atoms with van der Waals surface area (Å²) in [7, 11) is 0. The van der Waals surface area contributed by atoms with Crippen molar-refractivity contribution in [2.45, 2.75) is 6.61 Å². The third kappa shape index (κ3) is 5.40. The molecule has 1 aromatic heterocycles. The number of fused-ring (bicyclic) bond motifs is 1. The van der Waals surface area contributed by atoms with E-state index in [4.69, 9.17) is 4.74 Å². The fraction of sp³-hybridized carbons (Fsp3) is 0.0435. The normalized spacial score (nSPS) is 10.9. The Morgan fingerprint density at radius 2 is 1.62 bits per heavy atom. The molecular weight excluding hydrogens is 460 g/mol. The van der Waals surface area contributed by atoms with Crippen molar-refractivity contribution in [2.24, 2.45) is 5.10 Å². The van der Waals surface area contributed by atoms with E-state index in [1.165, 1.54) is 41.8 Å². The van der Waals surface area contributed by atoms with E-state index >= 15 is 0 Å². The Hall–Kier alpha value is -4.64. The molecule has 1 amide bonds. The number of rotatable bonds is 8. The van der Waals surface area contributed by atoms with Gasteiger partial charge < -0.3 is 4.74 Å². The number of non-ortho nitro benzene ring substituents is 2. The number of hydrogen-bond acceptors (Lipinski definition) is 8. The maximum Gasteiger partial charge on any atom is 0.281 e. The van der Waals surface area contributed by atoms with Gasteiger partial charge in [-0.2, -0.15) is 5.10 Å². The van der Waals surface area contributed by atoms with E-state index in [0.29, 0.717) is 16.0 Å². The number of carbonyl (C=O) groups excluding carboxylic acids is 1. The average Bonchev–Trinajstić information content (AvgIpc) is 3.27. The molecular formula is C23H16N4O6S. The van der Waals surface area contributed by atoms with Crippen molar-refractivity contribution in [3.8, 4) is 5.75 Å². The number of benzene rings is 3. The zero-order valence-electron chi connectivity index (χ0n) is 17.4. The first-order chi connectivity index (χ1) is 16.4. The van der Waals surface area contributed by atoms with Gasteiger partial charge in [0.15, 0.2) is 0 Å². The summed E-state index contributed by atoms with van der Waals surface area (Å²) in [6, 6.07) is 19.2. The third-order valence-electron chi connectivity index (χ3n) is 4.75. The monoisotopic (exact) mass is 476 g/mol. The molecule has 1 N–H and O–H groups in total. The van der Waals surface area contributed by atoms with E-state index in [1.54, 1.807) is 48.5 Å². The van der Waals surface area contributed by atoms with Gasteiger partial charge in [-0.25, -0.2) is 5.43 Å². The lowest BCUT2D eigenvalue weighted by Crippen LogP contribution is -2.16. The van der Waals surface area contributed by atoms with Gasteiger partial charge in [0.1, 0.15) is 12.4 Å². The number of ether oxygens (including phenoxy) is 1. The van der Waals surface area contributed by atoms with Crippen molar-refractivity contribution >= 4 is 44.9 Å². The molecule has 34 heavy (non-hydrogen) atoms. The molecule has 0 fully saturated rings. The topological polar surface area (TPSA) is 137 Å². The number of nitrogens with one attached hydrogen (secondary N) is 1. The highest BCUT2D eigenvalue weighted by molar-refractivity contribution is 7.20. The zero-order chi connectivity index (χ0) is 24.1. The molecule has 4 aromatic rings. The van der Waals surface area contributed by atoms with Gasteiger partial charge in [0.2, 0.25) is 0 Å². The van der Waals surface area contributed by atoms with Crippen LogP contribution in [0.3, 0.4) is 0 Å². The molecule has 0 radical (unpaired) electrons. The van der Waals surface area contributed by atoms with E-state index in [9.17, 15) is 25.0 Å². The van der Waals surface area contributed by atoms with Crippen LogP contribution >= 0.6 is 11.3 Å². The number of nitrogens with zero attached hydrogens (tertiary/aromatic N) is 3. The van der Waals surface area contributed by atoms with Crippen molar-refractivity contribution < 1.29 is 19.4 Å². The molecule has 0 atom stereocenters. The van der Waals surface area contributed by atoms with Gasteiger partial charge in [-0.15, -0.1) is 11.3 Å². The quantitative estimate of drug-likeness (QED) is 0.214. The minimum Gasteiger partial charge on any atom is -0.489 e. The number of thiophene rings is 1. The van der Waals surface area contributed by atoms with Crippen LogP contribution in [0.2, 0.25) is 0 Å². The minimum atomic E-state index is -0.479. The van der Waals surface area contributed by atoms with Crippen LogP contribution in [0.15, 0.2) is 77.9 Å². The van der Waals surface area contributed by atoms with Gasteiger partial charge >= 0.3 is 0 Å². The largest absolute Gasteiger partial charge is 0.489 e. The maximum absolute atomic E-state index is 12.4. The number of amides is 1. The SMILES string of the molecule is O=C(NN=Cc1ccc(OCc2ccc([N+](=O)[O-])cc2)cc1)c1cc2cc([N+](=O)[O-])ccc2s1. The highest BCUT2D eigenvalue weighted by Gasteiger charge is 2.13. The predicted molar refractivity (Wildman–Crippen MR) is 127 cm³/mol. The highest BCUT2D eigenvalue weighted by Crippen LogP contribution is 2.28. The summed E-state index contributed by atoms with van der Waals surface area (Å²) in [6.45, 7) is 0.264. The zero-order valence-corrected chi connectivity index (χ0v) is 18.2. The van der Waals surface area contributed by atoms with Crippen molar-refractivity contribution in [1.29, 1.82) is 0 Å². The summed E-state index contributed by atoms with van der Waals surface area (Å²) in [5.74, 6) is 0.196. The Kier molecular flexibility index (Phi) is 6.55. The van der Waals surface area contributed by atoms with Crippen LogP contribution in [0.25, 0.3) is 10.1 Å². The van der Waals surface area contributed by atoms with Crippen LogP contribution in [-0.4, -0.2) is 22.0 Å². The van der Waals surface area contributed by atoms with E-state index in [-0.39, 0.29) is 18.0 Å². The first kappa shape index (κ1) is 22.6. The highest BCUT2D eigenvalue weighted by atomic mass is 32.1. The fourth-order valence-electron chi connectivity index (χ4n) is 3.01. The van der Waals surface area contributed by atoms with Crippen molar-refractivity contribution in [2.75, 3.05) is 0 Å². The second-order valence-corrected chi connectivity index (χ2v) is 8.15. The summed E-state index contributed by atoms with van der Waals surface area (Å²) >= 11 is 1.22. The standard InChI is InChI=1S/C23H16N4O6S/c28-23(22-12-17-11-19(27(31)32)7-10-21(17)34-22)25-24-13-15-3-8-20(9-4-15)33-14-16-1-5-18(6-2-16)26(29)30/h1-13H,14H2,(H,25,28). The Balaban J connectivity index is 1.31. The lowest BCUT2D eigenvalue weighted by atomic mass is 10.2. The summed E-state index contributed by atoms with van der Waals surface area (Å²) in [5.41, 5.74) is 3.97. The lowest BCUT2D eigenvalue weighted by Gasteiger charge is -2.06. The molecule has 10 nitrogen and oxygen atoms in total. The van der Waals surface area contributed by atoms with Crippen LogP contribution in [0, 0.1) is 20.2 Å². The Morgan fingerprint density at radius 3 is 2.29 bits per heavy atom. The summed E-state index contributed by atoms with van der Waals surface area (Å²) < 4.78 is 6.44. The molecule has 0 aliphatic rings. The predicted octanol–water partition coefficient (Wildman–Crippen LogP) is 5.06. The van der Waals surface area contributed by atoms with E-state index in [2.05, 4.69) is 10.5 Å². The number of nitro benzene ring substituents is 2. The molecule has 0 aliphatic carbocycles. The number of hydrogen-bond donors (Lipinski definition) is 1. The summed E-state index contributed by atoms with van der Waals surface area (Å²) in [5, 5.41) is 26.2. The molecule has 0 spiro atoms. The second-order valence-electron chi connectivity index (χ2n) is 7.07. The third-order valence-corrected chi connectivity index (χ3v) is 5.86. The number of carbonyl (C=O) groups is 1. The second kappa shape index (κ2) is 9.88.